The van der Waals surface area contributed by atoms with Crippen molar-refractivity contribution in [2.24, 2.45) is 0 Å². The summed E-state index contributed by atoms with van der Waals surface area (Å²) in [5.41, 5.74) is -0.670. The Labute approximate surface area is 198 Å². The van der Waals surface area contributed by atoms with E-state index in [0.29, 0.717) is 27.6 Å². The topological polar surface area (TPSA) is 130 Å². The van der Waals surface area contributed by atoms with Gasteiger partial charge in [0.25, 0.3) is 16.8 Å². The summed E-state index contributed by atoms with van der Waals surface area (Å²) >= 11 is 1.57. The van der Waals surface area contributed by atoms with Gasteiger partial charge in [-0.05, 0) is 41.6 Å². The molecular formula is C20H14F3N3O6S2. The molecule has 1 saturated heterocycles. The van der Waals surface area contributed by atoms with E-state index < -0.39 is 51.7 Å². The Kier molecular flexibility index (Phi) is 7.96. The van der Waals surface area contributed by atoms with Crippen LogP contribution in [-0.4, -0.2) is 50.9 Å². The maximum Gasteiger partial charge on any atom is 0.294 e. The lowest BCUT2D eigenvalue weighted by molar-refractivity contribution is -0.387. The van der Waals surface area contributed by atoms with E-state index in [-0.39, 0.29) is 28.5 Å². The second kappa shape index (κ2) is 10.7. The molecule has 3 amide bonds. The van der Waals surface area contributed by atoms with Crippen LogP contribution in [0.4, 0.5) is 29.3 Å². The van der Waals surface area contributed by atoms with Crippen molar-refractivity contribution in [3.05, 3.63) is 68.4 Å². The fourth-order valence-corrected chi connectivity index (χ4v) is 4.38. The molecule has 0 unspecified atom stereocenters. The van der Waals surface area contributed by atoms with Crippen LogP contribution >= 0.6 is 23.5 Å². The van der Waals surface area contributed by atoms with Crippen molar-refractivity contribution < 1.29 is 37.6 Å². The van der Waals surface area contributed by atoms with Gasteiger partial charge in [-0.15, -0.1) is 11.8 Å². The SMILES string of the molecule is O=C(CN1C(=O)SC(=Cc2ccc(SCCO)c([N+](=O)[O-])c2)C1=O)Nc1ccc(F)c(F)c1F. The Morgan fingerprint density at radius 1 is 1.21 bits per heavy atom. The zero-order valence-corrected chi connectivity index (χ0v) is 18.6. The van der Waals surface area contributed by atoms with E-state index in [2.05, 4.69) is 0 Å². The summed E-state index contributed by atoms with van der Waals surface area (Å²) < 4.78 is 40.0. The van der Waals surface area contributed by atoms with Gasteiger partial charge < -0.3 is 10.4 Å². The molecule has 1 aliphatic heterocycles. The number of hydrogen-bond donors (Lipinski definition) is 2. The number of rotatable bonds is 8. The first kappa shape index (κ1) is 25.3. The number of benzene rings is 2. The number of amides is 3. The molecule has 3 rings (SSSR count). The van der Waals surface area contributed by atoms with Gasteiger partial charge >= 0.3 is 0 Å². The van der Waals surface area contributed by atoms with Gasteiger partial charge in [0.1, 0.15) is 6.54 Å². The molecule has 14 heteroatoms. The number of nitrogens with zero attached hydrogens (tertiary/aromatic N) is 2. The average Bonchev–Trinajstić information content (AvgIpc) is 3.05. The molecule has 0 spiro atoms. The molecule has 0 aliphatic carbocycles. The molecule has 1 aliphatic rings. The number of carbonyl (C=O) groups is 3. The van der Waals surface area contributed by atoms with E-state index in [1.165, 1.54) is 24.3 Å². The molecule has 2 aromatic carbocycles. The lowest BCUT2D eigenvalue weighted by Gasteiger charge is -2.13. The summed E-state index contributed by atoms with van der Waals surface area (Å²) in [7, 11) is 0. The summed E-state index contributed by atoms with van der Waals surface area (Å²) in [4.78, 5) is 48.4. The van der Waals surface area contributed by atoms with Gasteiger partial charge in [0.05, 0.1) is 27.0 Å². The number of carbonyl (C=O) groups excluding carboxylic acids is 3. The van der Waals surface area contributed by atoms with Crippen LogP contribution < -0.4 is 5.32 Å². The molecule has 0 aromatic heterocycles. The number of halogens is 3. The van der Waals surface area contributed by atoms with Crippen LogP contribution in [0, 0.1) is 27.6 Å². The van der Waals surface area contributed by atoms with E-state index in [9.17, 15) is 37.7 Å². The van der Waals surface area contributed by atoms with E-state index in [1.54, 1.807) is 0 Å². The predicted octanol–water partition coefficient (Wildman–Crippen LogP) is 3.77. The normalized spacial score (nSPS) is 14.7. The summed E-state index contributed by atoms with van der Waals surface area (Å²) in [5, 5.41) is 21.4. The third-order valence-corrected chi connectivity index (χ3v) is 6.26. The molecule has 1 fully saturated rings. The lowest BCUT2D eigenvalue weighted by atomic mass is 10.2. The smallest absolute Gasteiger partial charge is 0.294 e. The lowest BCUT2D eigenvalue weighted by Crippen LogP contribution is -2.36. The Morgan fingerprint density at radius 2 is 1.94 bits per heavy atom. The molecule has 1 heterocycles. The van der Waals surface area contributed by atoms with Gasteiger partial charge in [0.2, 0.25) is 5.91 Å². The quantitative estimate of drug-likeness (QED) is 0.179. The molecule has 34 heavy (non-hydrogen) atoms. The van der Waals surface area contributed by atoms with Crippen LogP contribution in [0.2, 0.25) is 0 Å². The number of anilines is 1. The van der Waals surface area contributed by atoms with Crippen molar-refractivity contribution in [2.75, 3.05) is 24.2 Å². The van der Waals surface area contributed by atoms with Crippen LogP contribution in [0.5, 0.6) is 0 Å². The standard InChI is InChI=1S/C20H14F3N3O6S2/c21-11-2-3-12(18(23)17(11)22)24-16(28)9-25-19(29)15(34-20(25)30)8-10-1-4-14(33-6-5-27)13(7-10)26(31)32/h1-4,7-8,27H,5-6,9H2,(H,24,28). The summed E-state index contributed by atoms with van der Waals surface area (Å²) in [5.74, 6) is -6.53. The molecular weight excluding hydrogens is 499 g/mol. The monoisotopic (exact) mass is 513 g/mol. The third kappa shape index (κ3) is 5.58. The number of nitrogens with one attached hydrogen (secondary N) is 1. The molecule has 178 valence electrons. The minimum atomic E-state index is -1.79. The van der Waals surface area contributed by atoms with Gasteiger partial charge in [-0.1, -0.05) is 6.07 Å². The highest BCUT2D eigenvalue weighted by Gasteiger charge is 2.36. The summed E-state index contributed by atoms with van der Waals surface area (Å²) in [6, 6.07) is 5.52. The van der Waals surface area contributed by atoms with Crippen LogP contribution in [0.1, 0.15) is 5.56 Å². The maximum atomic E-state index is 13.7. The van der Waals surface area contributed by atoms with Crippen molar-refractivity contribution in [1.29, 1.82) is 0 Å². The van der Waals surface area contributed by atoms with Crippen LogP contribution in [-0.2, 0) is 9.59 Å². The molecule has 9 nitrogen and oxygen atoms in total. The Bertz CT molecular complexity index is 1220. The number of hydrogen-bond acceptors (Lipinski definition) is 8. The van der Waals surface area contributed by atoms with Crippen molar-refractivity contribution >= 4 is 58.0 Å². The van der Waals surface area contributed by atoms with Crippen molar-refractivity contribution in [3.8, 4) is 0 Å². The molecule has 0 radical (unpaired) electrons. The first-order valence-electron chi connectivity index (χ1n) is 9.33. The van der Waals surface area contributed by atoms with Crippen molar-refractivity contribution in [1.82, 2.24) is 4.90 Å². The second-order valence-corrected chi connectivity index (χ2v) is 8.73. The highest BCUT2D eigenvalue weighted by Crippen LogP contribution is 2.35. The molecule has 2 N–H and O–H groups in total. The molecule has 0 saturated carbocycles. The van der Waals surface area contributed by atoms with Gasteiger partial charge in [-0.2, -0.15) is 0 Å². The summed E-state index contributed by atoms with van der Waals surface area (Å²) in [6.07, 6.45) is 1.24. The van der Waals surface area contributed by atoms with Gasteiger partial charge in [-0.3, -0.25) is 29.4 Å². The predicted molar refractivity (Wildman–Crippen MR) is 119 cm³/mol. The number of nitro groups is 1. The number of imide groups is 1. The zero-order chi connectivity index (χ0) is 25.0. The van der Waals surface area contributed by atoms with E-state index in [0.717, 1.165) is 17.8 Å². The van der Waals surface area contributed by atoms with E-state index >= 15 is 0 Å². The highest BCUT2D eigenvalue weighted by atomic mass is 32.2. The Hall–Kier alpha value is -3.36. The van der Waals surface area contributed by atoms with E-state index in [4.69, 9.17) is 5.11 Å². The number of thioether (sulfide) groups is 2. The van der Waals surface area contributed by atoms with Crippen molar-refractivity contribution in [2.45, 2.75) is 4.90 Å². The number of aliphatic hydroxyl groups is 1. The molecule has 2 aromatic rings. The van der Waals surface area contributed by atoms with Crippen LogP contribution in [0.15, 0.2) is 40.1 Å². The largest absolute Gasteiger partial charge is 0.396 e. The first-order valence-corrected chi connectivity index (χ1v) is 11.1. The minimum Gasteiger partial charge on any atom is -0.396 e. The number of aliphatic hydroxyl groups excluding tert-OH is 1. The maximum absolute atomic E-state index is 13.7. The fraction of sp³-hybridized carbons (Fsp3) is 0.150. The van der Waals surface area contributed by atoms with Crippen LogP contribution in [0.25, 0.3) is 6.08 Å². The fourth-order valence-electron chi connectivity index (χ4n) is 2.79. The highest BCUT2D eigenvalue weighted by molar-refractivity contribution is 8.18. The minimum absolute atomic E-state index is 0.109. The third-order valence-electron chi connectivity index (χ3n) is 4.31. The first-order chi connectivity index (χ1) is 16.1. The van der Waals surface area contributed by atoms with Gasteiger partial charge in [0, 0.05) is 11.8 Å². The van der Waals surface area contributed by atoms with Gasteiger partial charge in [0.15, 0.2) is 17.5 Å². The Balaban J connectivity index is 1.75. The molecule has 0 atom stereocenters. The summed E-state index contributed by atoms with van der Waals surface area (Å²) in [6.45, 7) is -0.996. The van der Waals surface area contributed by atoms with Gasteiger partial charge in [-0.25, -0.2) is 13.2 Å². The Morgan fingerprint density at radius 3 is 2.62 bits per heavy atom. The zero-order valence-electron chi connectivity index (χ0n) is 16.9. The van der Waals surface area contributed by atoms with Crippen LogP contribution in [0.3, 0.4) is 0 Å². The molecule has 0 bridgehead atoms. The second-order valence-electron chi connectivity index (χ2n) is 6.60. The average molecular weight is 513 g/mol. The van der Waals surface area contributed by atoms with Crippen molar-refractivity contribution in [3.63, 3.8) is 0 Å². The number of nitro benzene ring substituents is 1. The van der Waals surface area contributed by atoms with E-state index in [1.807, 2.05) is 5.32 Å².